The molecule has 3 N–H and O–H groups in total. The Morgan fingerprint density at radius 3 is 2.41 bits per heavy atom. The van der Waals surface area contributed by atoms with Gasteiger partial charge in [-0.25, -0.2) is 12.7 Å². The summed E-state index contributed by atoms with van der Waals surface area (Å²) in [5.41, 5.74) is 2.02. The van der Waals surface area contributed by atoms with Gasteiger partial charge in [0.2, 0.25) is 10.0 Å². The number of nitrogens with one attached hydrogen (secondary N) is 1. The summed E-state index contributed by atoms with van der Waals surface area (Å²) >= 11 is 0. The van der Waals surface area contributed by atoms with Gasteiger partial charge >= 0.3 is 0 Å². The molecule has 94 valence electrons. The van der Waals surface area contributed by atoms with E-state index < -0.39 is 25.5 Å². The number of anilines is 1. The lowest BCUT2D eigenvalue weighted by molar-refractivity contribution is -0.387. The lowest BCUT2D eigenvalue weighted by Crippen LogP contribution is -2.23. The zero-order chi connectivity index (χ0) is 13.2. The van der Waals surface area contributed by atoms with Crippen molar-refractivity contribution in [3.63, 3.8) is 0 Å². The first-order valence-corrected chi connectivity index (χ1v) is 5.92. The summed E-state index contributed by atoms with van der Waals surface area (Å²) in [6.45, 7) is 0. The first-order valence-electron chi connectivity index (χ1n) is 4.48. The molecule has 0 amide bonds. The molecule has 1 rings (SSSR count). The number of nitro groups is 1. The van der Waals surface area contributed by atoms with Crippen LogP contribution >= 0.6 is 0 Å². The van der Waals surface area contributed by atoms with Crippen LogP contribution in [0, 0.1) is 10.1 Å². The van der Waals surface area contributed by atoms with Gasteiger partial charge in [0.1, 0.15) is 0 Å². The molecule has 0 aromatic heterocycles. The topological polar surface area (TPSA) is 119 Å². The number of hydrogen-bond acceptors (Lipinski definition) is 6. The van der Waals surface area contributed by atoms with Crippen molar-refractivity contribution in [2.24, 2.45) is 5.84 Å². The van der Waals surface area contributed by atoms with Crippen LogP contribution in [-0.2, 0) is 10.0 Å². The lowest BCUT2D eigenvalue weighted by atomic mass is 10.3. The first kappa shape index (κ1) is 13.4. The van der Waals surface area contributed by atoms with Gasteiger partial charge in [-0.1, -0.05) is 0 Å². The van der Waals surface area contributed by atoms with E-state index >= 15 is 0 Å². The van der Waals surface area contributed by atoms with E-state index in [1.807, 2.05) is 0 Å². The second-order valence-corrected chi connectivity index (χ2v) is 5.49. The number of nitro benzene ring substituents is 1. The van der Waals surface area contributed by atoms with Crippen LogP contribution in [0.25, 0.3) is 0 Å². The number of hydrazine groups is 1. The van der Waals surface area contributed by atoms with Crippen molar-refractivity contribution in [3.05, 3.63) is 28.3 Å². The van der Waals surface area contributed by atoms with E-state index in [4.69, 9.17) is 5.84 Å². The van der Waals surface area contributed by atoms with Gasteiger partial charge in [-0.2, -0.15) is 0 Å². The van der Waals surface area contributed by atoms with Crippen LogP contribution in [0.2, 0.25) is 0 Å². The molecular formula is C8H12N4O4S. The fourth-order valence-electron chi connectivity index (χ4n) is 1.16. The smallest absolute Gasteiger partial charge is 0.289 e. The third-order valence-corrected chi connectivity index (χ3v) is 3.93. The standard InChI is InChI=1S/C8H12N4O4S/c1-11(2)17(15,16)8-5-6(10-9)3-4-7(8)12(13)14/h3-5,10H,9H2,1-2H3. The van der Waals surface area contributed by atoms with Crippen molar-refractivity contribution < 1.29 is 13.3 Å². The Balaban J connectivity index is 3.54. The average molecular weight is 260 g/mol. The van der Waals surface area contributed by atoms with Gasteiger partial charge in [0.05, 0.1) is 10.6 Å². The van der Waals surface area contributed by atoms with E-state index in [-0.39, 0.29) is 5.69 Å². The van der Waals surface area contributed by atoms with Crippen LogP contribution in [-0.4, -0.2) is 31.7 Å². The summed E-state index contributed by atoms with van der Waals surface area (Å²) in [4.78, 5) is 9.61. The minimum Gasteiger partial charge on any atom is -0.324 e. The molecule has 0 aliphatic rings. The molecule has 17 heavy (non-hydrogen) atoms. The molecule has 0 atom stereocenters. The number of nitrogen functional groups attached to an aromatic ring is 1. The predicted molar refractivity (Wildman–Crippen MR) is 61.8 cm³/mol. The van der Waals surface area contributed by atoms with Crippen molar-refractivity contribution in [1.29, 1.82) is 0 Å². The van der Waals surface area contributed by atoms with Crippen molar-refractivity contribution in [3.8, 4) is 0 Å². The zero-order valence-electron chi connectivity index (χ0n) is 9.25. The number of nitrogens with zero attached hydrogens (tertiary/aromatic N) is 2. The van der Waals surface area contributed by atoms with E-state index in [0.29, 0.717) is 0 Å². The van der Waals surface area contributed by atoms with Gasteiger partial charge in [0, 0.05) is 20.2 Å². The van der Waals surface area contributed by atoms with Crippen molar-refractivity contribution in [2.45, 2.75) is 4.90 Å². The Hall–Kier alpha value is -1.71. The Bertz CT molecular complexity index is 540. The molecule has 8 nitrogen and oxygen atoms in total. The molecule has 0 aliphatic heterocycles. The van der Waals surface area contributed by atoms with E-state index in [2.05, 4.69) is 5.43 Å². The molecule has 1 aromatic rings. The van der Waals surface area contributed by atoms with Gasteiger partial charge in [-0.15, -0.1) is 0 Å². The summed E-state index contributed by atoms with van der Waals surface area (Å²) < 4.78 is 24.7. The molecule has 9 heteroatoms. The maximum absolute atomic E-state index is 11.9. The summed E-state index contributed by atoms with van der Waals surface area (Å²) in [6, 6.07) is 3.53. The number of benzene rings is 1. The van der Waals surface area contributed by atoms with Crippen molar-refractivity contribution in [1.82, 2.24) is 4.31 Å². The van der Waals surface area contributed by atoms with E-state index in [1.54, 1.807) is 0 Å². The highest BCUT2D eigenvalue weighted by atomic mass is 32.2. The van der Waals surface area contributed by atoms with Crippen molar-refractivity contribution in [2.75, 3.05) is 19.5 Å². The predicted octanol–water partition coefficient (Wildman–Crippen LogP) is 0.131. The SMILES string of the molecule is CN(C)S(=O)(=O)c1cc(NN)ccc1[N+](=O)[O-]. The quantitative estimate of drug-likeness (QED) is 0.451. The fourth-order valence-corrected chi connectivity index (χ4v) is 2.23. The molecule has 0 radical (unpaired) electrons. The second kappa shape index (κ2) is 4.65. The Morgan fingerprint density at radius 2 is 2.00 bits per heavy atom. The van der Waals surface area contributed by atoms with Crippen LogP contribution < -0.4 is 11.3 Å². The highest BCUT2D eigenvalue weighted by Gasteiger charge is 2.27. The molecule has 0 saturated carbocycles. The van der Waals surface area contributed by atoms with Gasteiger partial charge < -0.3 is 5.43 Å². The number of sulfonamides is 1. The normalized spacial score (nSPS) is 11.5. The van der Waals surface area contributed by atoms with E-state index in [1.165, 1.54) is 20.2 Å². The van der Waals surface area contributed by atoms with Gasteiger partial charge in [0.25, 0.3) is 5.69 Å². The van der Waals surface area contributed by atoms with Crippen LogP contribution in [0.5, 0.6) is 0 Å². The highest BCUT2D eigenvalue weighted by molar-refractivity contribution is 7.89. The summed E-state index contributed by atoms with van der Waals surface area (Å²) in [5.74, 6) is 5.14. The summed E-state index contributed by atoms with van der Waals surface area (Å²) in [6.07, 6.45) is 0. The average Bonchev–Trinajstić information content (AvgIpc) is 2.27. The maximum atomic E-state index is 11.9. The second-order valence-electron chi connectivity index (χ2n) is 3.37. The molecule has 1 aromatic carbocycles. The number of nitrogens with two attached hydrogens (primary N) is 1. The summed E-state index contributed by atoms with van der Waals surface area (Å²) in [7, 11) is -1.30. The minimum absolute atomic E-state index is 0.274. The summed E-state index contributed by atoms with van der Waals surface area (Å²) in [5, 5.41) is 10.8. The fraction of sp³-hybridized carbons (Fsp3) is 0.250. The third-order valence-electron chi connectivity index (χ3n) is 2.08. The molecule has 0 unspecified atom stereocenters. The largest absolute Gasteiger partial charge is 0.324 e. The van der Waals surface area contributed by atoms with Crippen LogP contribution in [0.3, 0.4) is 0 Å². The van der Waals surface area contributed by atoms with Crippen LogP contribution in [0.15, 0.2) is 23.1 Å². The van der Waals surface area contributed by atoms with Gasteiger partial charge in [-0.3, -0.25) is 16.0 Å². The number of rotatable bonds is 4. The third kappa shape index (κ3) is 2.52. The van der Waals surface area contributed by atoms with E-state index in [0.717, 1.165) is 16.4 Å². The van der Waals surface area contributed by atoms with Gasteiger partial charge in [-0.05, 0) is 12.1 Å². The van der Waals surface area contributed by atoms with Crippen LogP contribution in [0.1, 0.15) is 0 Å². The minimum atomic E-state index is -3.89. The number of hydrogen-bond donors (Lipinski definition) is 2. The molecule has 0 heterocycles. The van der Waals surface area contributed by atoms with Gasteiger partial charge in [0.15, 0.2) is 4.90 Å². The molecular weight excluding hydrogens is 248 g/mol. The molecule has 0 saturated heterocycles. The van der Waals surface area contributed by atoms with E-state index in [9.17, 15) is 18.5 Å². The molecule has 0 bridgehead atoms. The first-order chi connectivity index (χ1) is 7.80. The zero-order valence-corrected chi connectivity index (χ0v) is 10.1. The Kier molecular flexibility index (Phi) is 3.66. The Labute approximate surface area is 98.2 Å². The molecule has 0 spiro atoms. The molecule has 0 fully saturated rings. The lowest BCUT2D eigenvalue weighted by Gasteiger charge is -2.12. The highest BCUT2D eigenvalue weighted by Crippen LogP contribution is 2.28. The Morgan fingerprint density at radius 1 is 1.41 bits per heavy atom. The maximum Gasteiger partial charge on any atom is 0.289 e. The van der Waals surface area contributed by atoms with Crippen molar-refractivity contribution >= 4 is 21.4 Å². The van der Waals surface area contributed by atoms with Crippen LogP contribution in [0.4, 0.5) is 11.4 Å². The molecule has 0 aliphatic carbocycles. The monoisotopic (exact) mass is 260 g/mol.